The van der Waals surface area contributed by atoms with Crippen LogP contribution in [0, 0.1) is 0 Å². The van der Waals surface area contributed by atoms with Crippen LogP contribution in [0.2, 0.25) is 0 Å². The van der Waals surface area contributed by atoms with Crippen molar-refractivity contribution in [3.05, 3.63) is 181 Å². The summed E-state index contributed by atoms with van der Waals surface area (Å²) in [5, 5.41) is 13.5. The first-order chi connectivity index (χ1) is 27.3. The third-order valence-electron chi connectivity index (χ3n) is 12.1. The number of benzene rings is 8. The summed E-state index contributed by atoms with van der Waals surface area (Å²) in [7, 11) is 0. The minimum atomic E-state index is 0.826. The summed E-state index contributed by atoms with van der Waals surface area (Å²) in [5.41, 5.74) is 10.1. The average molecular weight is 702 g/mol. The van der Waals surface area contributed by atoms with Crippen LogP contribution in [-0.2, 0) is 6.42 Å². The summed E-state index contributed by atoms with van der Waals surface area (Å²) in [6.07, 6.45) is 4.02. The molecule has 0 aliphatic carbocycles. The van der Waals surface area contributed by atoms with Crippen LogP contribution in [0.25, 0.3) is 98.2 Å². The maximum Gasteiger partial charge on any atom is 0.157 e. The number of fused-ring (bicyclic) bond motifs is 15. The lowest BCUT2D eigenvalue weighted by Gasteiger charge is -2.16. The maximum absolute atomic E-state index is 6.81. The summed E-state index contributed by atoms with van der Waals surface area (Å²) in [5.74, 6) is 1.76. The normalized spacial score (nSPS) is 15.8. The van der Waals surface area contributed by atoms with Crippen molar-refractivity contribution in [3.8, 4) is 0 Å². The monoisotopic (exact) mass is 701 g/mol. The molecule has 0 bridgehead atoms. The molecular weight excluding hydrogens is 671 g/mol. The van der Waals surface area contributed by atoms with Crippen molar-refractivity contribution in [2.45, 2.75) is 12.8 Å². The van der Waals surface area contributed by atoms with Gasteiger partial charge in [0.2, 0.25) is 0 Å². The summed E-state index contributed by atoms with van der Waals surface area (Å²) in [6.45, 7) is 0. The predicted molar refractivity (Wildman–Crippen MR) is 230 cm³/mol. The number of aryl methyl sites for hydroxylation is 1. The van der Waals surface area contributed by atoms with Crippen LogP contribution in [0.1, 0.15) is 23.3 Å². The van der Waals surface area contributed by atoms with Gasteiger partial charge in [-0.15, -0.1) is 0 Å². The van der Waals surface area contributed by atoms with E-state index < -0.39 is 0 Å². The van der Waals surface area contributed by atoms with E-state index in [1.54, 1.807) is 0 Å². The van der Waals surface area contributed by atoms with Gasteiger partial charge in [0, 0.05) is 48.8 Å². The topological polar surface area (TPSA) is 34.8 Å². The van der Waals surface area contributed by atoms with E-state index in [0.717, 1.165) is 57.7 Å². The average Bonchev–Trinajstić information content (AvgIpc) is 3.95. The number of para-hydroxylation sites is 3. The lowest BCUT2D eigenvalue weighted by atomic mass is 9.97. The second-order valence-electron chi connectivity index (χ2n) is 15.0. The highest BCUT2D eigenvalue weighted by Gasteiger charge is 2.27. The van der Waals surface area contributed by atoms with Gasteiger partial charge < -0.3 is 8.82 Å². The van der Waals surface area contributed by atoms with E-state index in [1.807, 2.05) is 0 Å². The van der Waals surface area contributed by atoms with E-state index in [4.69, 9.17) is 9.41 Å². The fourth-order valence-corrected chi connectivity index (χ4v) is 9.71. The Bertz CT molecular complexity index is 3660. The number of furan rings is 1. The molecule has 0 spiro atoms. The van der Waals surface area contributed by atoms with Crippen LogP contribution < -0.4 is 0 Å². The van der Waals surface area contributed by atoms with Crippen molar-refractivity contribution < 1.29 is 4.42 Å². The first-order valence-electron chi connectivity index (χ1n) is 19.1. The molecule has 12 aromatic rings. The quantitative estimate of drug-likeness (QED) is 0.177. The van der Waals surface area contributed by atoms with Crippen LogP contribution in [0.5, 0.6) is 0 Å². The van der Waals surface area contributed by atoms with E-state index in [1.165, 1.54) is 76.0 Å². The Kier molecular flexibility index (Phi) is 5.71. The van der Waals surface area contributed by atoms with Crippen molar-refractivity contribution >= 4 is 104 Å². The van der Waals surface area contributed by atoms with Gasteiger partial charge in [0.25, 0.3) is 0 Å². The number of hydrogen-bond donors (Lipinski definition) is 0. The van der Waals surface area contributed by atoms with Gasteiger partial charge in [-0.25, -0.2) is 4.99 Å². The number of aliphatic imine (C=N–C) groups is 1. The van der Waals surface area contributed by atoms with Crippen LogP contribution in [-0.4, -0.2) is 14.7 Å². The lowest BCUT2D eigenvalue weighted by Crippen LogP contribution is -2.10. The van der Waals surface area contributed by atoms with Gasteiger partial charge >= 0.3 is 0 Å². The molecule has 5 heterocycles. The molecule has 0 saturated carbocycles. The SMILES string of the molecule is C1=C(n2c3cc4ccccc4cc3c3c4c5ccccc5n5c6ccccc6c(cc32)c45)\N=C(\c2ccc3ccccc3c2)c2oc3ccccc3c2CC/1. The van der Waals surface area contributed by atoms with E-state index in [-0.39, 0.29) is 0 Å². The second kappa shape index (κ2) is 10.7. The second-order valence-corrected chi connectivity index (χ2v) is 15.0. The van der Waals surface area contributed by atoms with Gasteiger partial charge in [0.1, 0.15) is 17.1 Å². The molecule has 0 fully saturated rings. The lowest BCUT2D eigenvalue weighted by molar-refractivity contribution is 0.599. The van der Waals surface area contributed by atoms with Gasteiger partial charge in [-0.2, -0.15) is 0 Å². The molecule has 4 aromatic heterocycles. The molecule has 0 N–H and O–H groups in total. The Morgan fingerprint density at radius 3 is 2.00 bits per heavy atom. The maximum atomic E-state index is 6.81. The number of rotatable bonds is 2. The molecule has 13 rings (SSSR count). The molecule has 4 nitrogen and oxygen atoms in total. The van der Waals surface area contributed by atoms with E-state index >= 15 is 0 Å². The third-order valence-corrected chi connectivity index (χ3v) is 12.1. The van der Waals surface area contributed by atoms with Crippen molar-refractivity contribution in [1.82, 2.24) is 8.97 Å². The fraction of sp³-hybridized carbons (Fsp3) is 0.0392. The molecule has 55 heavy (non-hydrogen) atoms. The largest absolute Gasteiger partial charge is 0.454 e. The number of nitrogens with zero attached hydrogens (tertiary/aromatic N) is 3. The minimum Gasteiger partial charge on any atom is -0.454 e. The smallest absolute Gasteiger partial charge is 0.157 e. The highest BCUT2D eigenvalue weighted by molar-refractivity contribution is 6.36. The van der Waals surface area contributed by atoms with Gasteiger partial charge in [0.15, 0.2) is 5.76 Å². The van der Waals surface area contributed by atoms with E-state index in [0.29, 0.717) is 0 Å². The zero-order valence-corrected chi connectivity index (χ0v) is 29.8. The van der Waals surface area contributed by atoms with E-state index in [9.17, 15) is 0 Å². The summed E-state index contributed by atoms with van der Waals surface area (Å²) in [4.78, 5) is 5.76. The molecule has 1 aliphatic heterocycles. The van der Waals surface area contributed by atoms with Gasteiger partial charge in [-0.1, -0.05) is 115 Å². The zero-order chi connectivity index (χ0) is 35.8. The Morgan fingerprint density at radius 1 is 0.491 bits per heavy atom. The molecule has 4 heteroatoms. The molecule has 0 saturated heterocycles. The molecule has 0 atom stereocenters. The standard InChI is InChI=1S/C51H31N3O/c1-2-13-31-26-34(25-24-30(31)12-1)49-51-37(36-17-7-10-22-45(36)55-51)19-11-23-46(52-49)53-43-28-33-15-4-3-14-32(33)27-40(43)47-44(53)29-39-35-16-5-8-20-41(35)54-42-21-9-6-18-38(42)48(47)50(39)54/h1-10,12-18,20-29H,11,19H2/b46-23+,52-49-. The first kappa shape index (κ1) is 29.3. The first-order valence-corrected chi connectivity index (χ1v) is 19.1. The summed E-state index contributed by atoms with van der Waals surface area (Å²) in [6, 6.07) is 57.3. The minimum absolute atomic E-state index is 0.826. The van der Waals surface area contributed by atoms with Crippen LogP contribution in [0.3, 0.4) is 0 Å². The Balaban J connectivity index is 1.20. The molecule has 256 valence electrons. The number of allylic oxidation sites excluding steroid dienone is 1. The van der Waals surface area contributed by atoms with E-state index in [2.05, 4.69) is 173 Å². The zero-order valence-electron chi connectivity index (χ0n) is 29.8. The Labute approximate surface area is 314 Å². The number of hydrogen-bond acceptors (Lipinski definition) is 2. The fourth-order valence-electron chi connectivity index (χ4n) is 9.71. The van der Waals surface area contributed by atoms with Crippen molar-refractivity contribution in [2.24, 2.45) is 4.99 Å². The summed E-state index contributed by atoms with van der Waals surface area (Å²) >= 11 is 0. The molecule has 0 radical (unpaired) electrons. The van der Waals surface area contributed by atoms with Crippen LogP contribution in [0.15, 0.2) is 173 Å². The molecular formula is C51H31N3O. The van der Waals surface area contributed by atoms with Gasteiger partial charge in [-0.05, 0) is 82.9 Å². The predicted octanol–water partition coefficient (Wildman–Crippen LogP) is 13.3. The highest BCUT2D eigenvalue weighted by Crippen LogP contribution is 2.47. The number of aromatic nitrogens is 2. The highest BCUT2D eigenvalue weighted by atomic mass is 16.3. The molecule has 0 unspecified atom stereocenters. The summed E-state index contributed by atoms with van der Waals surface area (Å²) < 4.78 is 11.7. The van der Waals surface area contributed by atoms with Gasteiger partial charge in [0.05, 0.1) is 27.6 Å². The van der Waals surface area contributed by atoms with Crippen molar-refractivity contribution in [1.29, 1.82) is 0 Å². The molecule has 8 aromatic carbocycles. The third kappa shape index (κ3) is 3.93. The Morgan fingerprint density at radius 2 is 1.16 bits per heavy atom. The molecule has 1 aliphatic rings. The molecule has 0 amide bonds. The van der Waals surface area contributed by atoms with Crippen molar-refractivity contribution in [3.63, 3.8) is 0 Å². The van der Waals surface area contributed by atoms with Crippen LogP contribution >= 0.6 is 0 Å². The van der Waals surface area contributed by atoms with Crippen molar-refractivity contribution in [2.75, 3.05) is 0 Å². The Hall–Kier alpha value is -7.17. The van der Waals surface area contributed by atoms with Gasteiger partial charge in [-0.3, -0.25) is 4.57 Å². The van der Waals surface area contributed by atoms with Crippen LogP contribution in [0.4, 0.5) is 0 Å².